The summed E-state index contributed by atoms with van der Waals surface area (Å²) < 4.78 is 5.94. The first kappa shape index (κ1) is 25.8. The number of nitrogens with zero attached hydrogens (tertiary/aromatic N) is 1. The summed E-state index contributed by atoms with van der Waals surface area (Å²) in [6, 6.07) is 21.4. The van der Waals surface area contributed by atoms with Crippen molar-refractivity contribution in [2.24, 2.45) is 0 Å². The minimum absolute atomic E-state index is 0.0825. The van der Waals surface area contributed by atoms with E-state index in [1.54, 1.807) is 30.3 Å². The molecule has 10 heteroatoms. The number of ether oxygens (including phenoxy) is 1. The van der Waals surface area contributed by atoms with Gasteiger partial charge in [-0.1, -0.05) is 63.9 Å². The van der Waals surface area contributed by atoms with Crippen LogP contribution in [0.3, 0.4) is 0 Å². The number of benzene rings is 3. The fraction of sp³-hybridized carbons (Fsp3) is 0.115. The molecule has 0 saturated heterocycles. The van der Waals surface area contributed by atoms with E-state index >= 15 is 0 Å². The smallest absolute Gasteiger partial charge is 0.278 e. The Kier molecular flexibility index (Phi) is 8.35. The number of halogens is 2. The molecule has 2 N–H and O–H groups in total. The molecular formula is C26H21BrClN3O4S. The Morgan fingerprint density at radius 3 is 2.47 bits per heavy atom. The molecule has 0 spiro atoms. The molecule has 1 aliphatic rings. The van der Waals surface area contributed by atoms with E-state index in [-0.39, 0.29) is 28.8 Å². The number of hydrogen-bond donors (Lipinski definition) is 2. The molecule has 4 rings (SSSR count). The molecule has 7 nitrogen and oxygen atoms in total. The molecule has 0 radical (unpaired) electrons. The van der Waals surface area contributed by atoms with E-state index in [4.69, 9.17) is 16.3 Å². The second-order valence-electron chi connectivity index (χ2n) is 7.71. The van der Waals surface area contributed by atoms with Crippen LogP contribution in [0.1, 0.15) is 5.56 Å². The summed E-state index contributed by atoms with van der Waals surface area (Å²) in [5, 5.41) is 6.18. The second-order valence-corrected chi connectivity index (χ2v) is 10.0. The van der Waals surface area contributed by atoms with Gasteiger partial charge in [-0.05, 0) is 42.0 Å². The maximum atomic E-state index is 13.3. The van der Waals surface area contributed by atoms with Crippen LogP contribution in [0.4, 0.5) is 11.4 Å². The molecule has 1 aliphatic heterocycles. The Balaban J connectivity index is 1.53. The molecule has 184 valence electrons. The fourth-order valence-electron chi connectivity index (χ4n) is 3.50. The number of carbonyl (C=O) groups excluding carboxylic acids is 3. The molecule has 0 bridgehead atoms. The zero-order chi connectivity index (χ0) is 25.7. The first-order valence-electron chi connectivity index (χ1n) is 10.8. The first-order valence-corrected chi connectivity index (χ1v) is 12.9. The predicted octanol–water partition coefficient (Wildman–Crippen LogP) is 5.68. The van der Waals surface area contributed by atoms with Crippen LogP contribution >= 0.6 is 39.3 Å². The number of thioether (sulfide) groups is 1. The van der Waals surface area contributed by atoms with Gasteiger partial charge in [-0.25, -0.2) is 0 Å². The molecule has 3 aromatic carbocycles. The van der Waals surface area contributed by atoms with Crippen molar-refractivity contribution in [2.45, 2.75) is 6.54 Å². The molecule has 0 aliphatic carbocycles. The highest BCUT2D eigenvalue weighted by Gasteiger charge is 2.39. The molecule has 0 atom stereocenters. The highest BCUT2D eigenvalue weighted by Crippen LogP contribution is 2.33. The molecular weight excluding hydrogens is 566 g/mol. The third-order valence-electron chi connectivity index (χ3n) is 5.19. The minimum Gasteiger partial charge on any atom is -0.495 e. The van der Waals surface area contributed by atoms with Crippen LogP contribution in [-0.4, -0.2) is 35.5 Å². The summed E-state index contributed by atoms with van der Waals surface area (Å²) in [6.07, 6.45) is 0. The van der Waals surface area contributed by atoms with Crippen molar-refractivity contribution in [2.75, 3.05) is 23.5 Å². The van der Waals surface area contributed by atoms with Gasteiger partial charge < -0.3 is 15.4 Å². The van der Waals surface area contributed by atoms with Crippen LogP contribution in [0.5, 0.6) is 5.75 Å². The topological polar surface area (TPSA) is 87.7 Å². The lowest BCUT2D eigenvalue weighted by atomic mass is 10.2. The lowest BCUT2D eigenvalue weighted by molar-refractivity contribution is -0.138. The summed E-state index contributed by atoms with van der Waals surface area (Å²) in [4.78, 5) is 40.6. The maximum Gasteiger partial charge on any atom is 0.278 e. The average molecular weight is 587 g/mol. The number of methoxy groups -OCH3 is 1. The molecule has 0 unspecified atom stereocenters. The lowest BCUT2D eigenvalue weighted by Gasteiger charge is -2.15. The number of carbonyl (C=O) groups is 3. The van der Waals surface area contributed by atoms with Crippen molar-refractivity contribution < 1.29 is 19.1 Å². The van der Waals surface area contributed by atoms with E-state index in [9.17, 15) is 14.4 Å². The van der Waals surface area contributed by atoms with Crippen LogP contribution < -0.4 is 15.4 Å². The monoisotopic (exact) mass is 585 g/mol. The first-order chi connectivity index (χ1) is 17.4. The fourth-order valence-corrected chi connectivity index (χ4v) is 5.02. The number of nitrogens with one attached hydrogen (secondary N) is 2. The summed E-state index contributed by atoms with van der Waals surface area (Å²) in [5.41, 5.74) is 2.09. The van der Waals surface area contributed by atoms with Crippen LogP contribution in [-0.2, 0) is 20.9 Å². The Labute approximate surface area is 226 Å². The predicted molar refractivity (Wildman–Crippen MR) is 146 cm³/mol. The van der Waals surface area contributed by atoms with Crippen molar-refractivity contribution in [1.82, 2.24) is 4.90 Å². The van der Waals surface area contributed by atoms with E-state index in [1.165, 1.54) is 12.0 Å². The summed E-state index contributed by atoms with van der Waals surface area (Å²) in [5.74, 6) is -0.843. The lowest BCUT2D eigenvalue weighted by Crippen LogP contribution is -2.32. The summed E-state index contributed by atoms with van der Waals surface area (Å²) in [7, 11) is 1.50. The van der Waals surface area contributed by atoms with E-state index in [1.807, 2.05) is 42.5 Å². The van der Waals surface area contributed by atoms with Gasteiger partial charge in [0.25, 0.3) is 11.8 Å². The summed E-state index contributed by atoms with van der Waals surface area (Å²) in [6.45, 7) is 0.128. The number of amides is 3. The normalized spacial score (nSPS) is 13.2. The van der Waals surface area contributed by atoms with Crippen LogP contribution in [0, 0.1) is 0 Å². The number of anilines is 2. The van der Waals surface area contributed by atoms with E-state index < -0.39 is 11.8 Å². The van der Waals surface area contributed by atoms with Crippen molar-refractivity contribution >= 4 is 68.4 Å². The van der Waals surface area contributed by atoms with Crippen molar-refractivity contribution in [3.05, 3.63) is 98.5 Å². The highest BCUT2D eigenvalue weighted by atomic mass is 79.9. The van der Waals surface area contributed by atoms with Crippen molar-refractivity contribution in [3.8, 4) is 5.75 Å². The van der Waals surface area contributed by atoms with Gasteiger partial charge in [-0.15, -0.1) is 11.8 Å². The standard InChI is InChI=1S/C26H21BrClN3O4S/c1-35-21-11-10-19(13-20(21)28)29-22(32)15-36-24-23(30-18-9-5-8-17(27)12-18)25(33)31(26(24)34)14-16-6-3-2-4-7-16/h2-13,30H,14-15H2,1H3,(H,29,32). The number of imide groups is 1. The highest BCUT2D eigenvalue weighted by molar-refractivity contribution is 9.10. The number of rotatable bonds is 9. The van der Waals surface area contributed by atoms with E-state index in [2.05, 4.69) is 26.6 Å². The van der Waals surface area contributed by atoms with Crippen LogP contribution in [0.2, 0.25) is 5.02 Å². The molecule has 3 aromatic rings. The van der Waals surface area contributed by atoms with E-state index in [0.717, 1.165) is 21.8 Å². The zero-order valence-corrected chi connectivity index (χ0v) is 22.2. The van der Waals surface area contributed by atoms with Gasteiger partial charge >= 0.3 is 0 Å². The largest absolute Gasteiger partial charge is 0.495 e. The Hall–Kier alpha value is -3.27. The van der Waals surface area contributed by atoms with Gasteiger partial charge in [-0.3, -0.25) is 19.3 Å². The third kappa shape index (κ3) is 6.10. The Morgan fingerprint density at radius 1 is 1.00 bits per heavy atom. The molecule has 3 amide bonds. The van der Waals surface area contributed by atoms with E-state index in [0.29, 0.717) is 22.1 Å². The van der Waals surface area contributed by atoms with Gasteiger partial charge in [0.1, 0.15) is 16.4 Å². The van der Waals surface area contributed by atoms with Crippen LogP contribution in [0.25, 0.3) is 0 Å². The van der Waals surface area contributed by atoms with Gasteiger partial charge in [0, 0.05) is 15.8 Å². The Morgan fingerprint density at radius 2 is 1.78 bits per heavy atom. The van der Waals surface area contributed by atoms with Gasteiger partial charge in [0.15, 0.2) is 0 Å². The molecule has 36 heavy (non-hydrogen) atoms. The maximum absolute atomic E-state index is 13.3. The zero-order valence-electron chi connectivity index (χ0n) is 19.1. The quantitative estimate of drug-likeness (QED) is 0.314. The van der Waals surface area contributed by atoms with Crippen molar-refractivity contribution in [1.29, 1.82) is 0 Å². The summed E-state index contributed by atoms with van der Waals surface area (Å²) >= 11 is 10.5. The van der Waals surface area contributed by atoms with Gasteiger partial charge in [0.05, 0.1) is 24.4 Å². The second kappa shape index (κ2) is 11.6. The molecule has 0 aromatic heterocycles. The molecule has 0 fully saturated rings. The molecule has 0 saturated carbocycles. The van der Waals surface area contributed by atoms with Crippen molar-refractivity contribution in [3.63, 3.8) is 0 Å². The van der Waals surface area contributed by atoms with Gasteiger partial charge in [0.2, 0.25) is 5.91 Å². The SMILES string of the molecule is COc1ccc(NC(=O)CSC2=C(Nc3cccc(Br)c3)C(=O)N(Cc3ccccc3)C2=O)cc1Cl. The minimum atomic E-state index is -0.452. The number of hydrogen-bond acceptors (Lipinski definition) is 6. The average Bonchev–Trinajstić information content (AvgIpc) is 3.07. The van der Waals surface area contributed by atoms with Gasteiger partial charge in [-0.2, -0.15) is 0 Å². The van der Waals surface area contributed by atoms with Crippen LogP contribution in [0.15, 0.2) is 87.9 Å². The molecule has 1 heterocycles. The Bertz CT molecular complexity index is 1350. The third-order valence-corrected chi connectivity index (χ3v) is 7.05.